The number of hydrogen-bond acceptors (Lipinski definition) is 3. The fourth-order valence-electron chi connectivity index (χ4n) is 3.90. The van der Waals surface area contributed by atoms with E-state index in [0.29, 0.717) is 0 Å². The molecule has 0 atom stereocenters. The minimum Gasteiger partial charge on any atom is -0.444 e. The van der Waals surface area contributed by atoms with Crippen LogP contribution in [0.5, 0.6) is 0 Å². The molecule has 5 nitrogen and oxygen atoms in total. The van der Waals surface area contributed by atoms with Crippen molar-refractivity contribution in [1.29, 1.82) is 0 Å². The summed E-state index contributed by atoms with van der Waals surface area (Å²) in [6.07, 6.45) is 9.21. The highest BCUT2D eigenvalue weighted by atomic mass is 79.9. The van der Waals surface area contributed by atoms with Gasteiger partial charge in [-0.15, -0.1) is 0 Å². The second-order valence-electron chi connectivity index (χ2n) is 8.50. The van der Waals surface area contributed by atoms with Gasteiger partial charge in [0.25, 0.3) is 0 Å². The molecule has 1 saturated heterocycles. The highest BCUT2D eigenvalue weighted by Crippen LogP contribution is 2.46. The lowest BCUT2D eigenvalue weighted by molar-refractivity contribution is -0.0371. The third-order valence-corrected chi connectivity index (χ3v) is 5.73. The van der Waals surface area contributed by atoms with Crippen molar-refractivity contribution in [3.63, 3.8) is 0 Å². The van der Waals surface area contributed by atoms with Crippen molar-refractivity contribution in [2.24, 2.45) is 5.41 Å². The average molecular weight is 418 g/mol. The Hall–Kier alpha value is -1.82. The number of amides is 1. The Labute approximate surface area is 162 Å². The van der Waals surface area contributed by atoms with E-state index in [4.69, 9.17) is 4.74 Å². The molecule has 2 aromatic rings. The molecule has 0 aromatic carbocycles. The van der Waals surface area contributed by atoms with E-state index in [9.17, 15) is 4.79 Å². The molecule has 1 fully saturated rings. The number of allylic oxidation sites excluding steroid dienone is 2. The summed E-state index contributed by atoms with van der Waals surface area (Å²) in [5.74, 6) is 0. The Kier molecular flexibility index (Phi) is 4.14. The van der Waals surface area contributed by atoms with E-state index < -0.39 is 5.60 Å². The molecule has 0 radical (unpaired) electrons. The molecule has 0 unspecified atom stereocenters. The third kappa shape index (κ3) is 3.27. The van der Waals surface area contributed by atoms with Gasteiger partial charge in [-0.1, -0.05) is 22.0 Å². The van der Waals surface area contributed by atoms with Gasteiger partial charge < -0.3 is 9.64 Å². The third-order valence-electron chi connectivity index (χ3n) is 5.24. The molecule has 2 aromatic heterocycles. The zero-order valence-electron chi connectivity index (χ0n) is 15.5. The number of carbonyl (C=O) groups is 1. The molecular formula is C20H24BrN3O2. The van der Waals surface area contributed by atoms with Crippen molar-refractivity contribution >= 4 is 33.1 Å². The minimum atomic E-state index is -0.433. The summed E-state index contributed by atoms with van der Waals surface area (Å²) in [7, 11) is 0. The van der Waals surface area contributed by atoms with E-state index in [0.717, 1.165) is 42.3 Å². The van der Waals surface area contributed by atoms with Crippen molar-refractivity contribution in [1.82, 2.24) is 14.5 Å². The lowest BCUT2D eigenvalue weighted by atomic mass is 9.69. The molecule has 0 saturated carbocycles. The standard InChI is InChI=1S/C20H24BrN3O2/c1-19(2,3)26-18(25)23-12-20(13-23)7-4-14(5-8-20)16-11-22-24-9-6-15(21)10-17(16)24/h4,6,9-11H,5,7-8,12-13H2,1-3H3. The highest BCUT2D eigenvalue weighted by Gasteiger charge is 2.46. The predicted molar refractivity (Wildman–Crippen MR) is 105 cm³/mol. The normalized spacial score (nSPS) is 19.4. The van der Waals surface area contributed by atoms with Crippen molar-refractivity contribution in [3.05, 3.63) is 40.6 Å². The Balaban J connectivity index is 1.45. The van der Waals surface area contributed by atoms with Crippen LogP contribution in [0.1, 0.15) is 45.6 Å². The van der Waals surface area contributed by atoms with Crippen molar-refractivity contribution in [2.45, 2.75) is 45.6 Å². The smallest absolute Gasteiger partial charge is 0.410 e. The van der Waals surface area contributed by atoms with E-state index in [-0.39, 0.29) is 11.5 Å². The summed E-state index contributed by atoms with van der Waals surface area (Å²) < 4.78 is 8.45. The summed E-state index contributed by atoms with van der Waals surface area (Å²) in [6.45, 7) is 7.32. The summed E-state index contributed by atoms with van der Waals surface area (Å²) in [6, 6.07) is 4.11. The van der Waals surface area contributed by atoms with Crippen LogP contribution in [0.15, 0.2) is 35.1 Å². The summed E-state index contributed by atoms with van der Waals surface area (Å²) >= 11 is 3.54. The van der Waals surface area contributed by atoms with Gasteiger partial charge in [-0.25, -0.2) is 9.31 Å². The summed E-state index contributed by atoms with van der Waals surface area (Å²) in [5, 5.41) is 4.46. The first-order valence-corrected chi connectivity index (χ1v) is 9.84. The van der Waals surface area contributed by atoms with Crippen LogP contribution in [-0.4, -0.2) is 39.3 Å². The lowest BCUT2D eigenvalue weighted by Gasteiger charge is -2.51. The van der Waals surface area contributed by atoms with Gasteiger partial charge in [-0.05, 0) is 57.7 Å². The zero-order chi connectivity index (χ0) is 18.5. The second-order valence-corrected chi connectivity index (χ2v) is 9.42. The molecule has 0 N–H and O–H groups in total. The zero-order valence-corrected chi connectivity index (χ0v) is 17.0. The molecule has 2 aliphatic rings. The quantitative estimate of drug-likeness (QED) is 0.662. The Morgan fingerprint density at radius 3 is 2.77 bits per heavy atom. The molecule has 1 amide bonds. The van der Waals surface area contributed by atoms with Crippen LogP contribution < -0.4 is 0 Å². The molecule has 3 heterocycles. The maximum atomic E-state index is 12.2. The van der Waals surface area contributed by atoms with Crippen LogP contribution in [0.25, 0.3) is 11.1 Å². The number of rotatable bonds is 1. The first-order chi connectivity index (χ1) is 12.2. The Morgan fingerprint density at radius 1 is 1.35 bits per heavy atom. The number of ether oxygens (including phenoxy) is 1. The van der Waals surface area contributed by atoms with E-state index in [1.165, 1.54) is 11.1 Å². The van der Waals surface area contributed by atoms with Gasteiger partial charge in [0.2, 0.25) is 0 Å². The van der Waals surface area contributed by atoms with Gasteiger partial charge in [-0.2, -0.15) is 5.10 Å². The predicted octanol–water partition coefficient (Wildman–Crippen LogP) is 4.90. The topological polar surface area (TPSA) is 46.8 Å². The summed E-state index contributed by atoms with van der Waals surface area (Å²) in [4.78, 5) is 14.0. The molecule has 0 bridgehead atoms. The largest absolute Gasteiger partial charge is 0.444 e. The number of halogens is 1. The number of nitrogens with zero attached hydrogens (tertiary/aromatic N) is 3. The van der Waals surface area contributed by atoms with E-state index in [1.54, 1.807) is 0 Å². The van der Waals surface area contributed by atoms with Gasteiger partial charge in [0.1, 0.15) is 5.60 Å². The second kappa shape index (κ2) is 6.12. The number of hydrogen-bond donors (Lipinski definition) is 0. The van der Waals surface area contributed by atoms with Gasteiger partial charge in [0, 0.05) is 34.7 Å². The molecule has 1 aliphatic heterocycles. The van der Waals surface area contributed by atoms with Crippen LogP contribution in [-0.2, 0) is 4.74 Å². The maximum absolute atomic E-state index is 12.2. The number of carbonyl (C=O) groups excluding carboxylic acids is 1. The van der Waals surface area contributed by atoms with E-state index >= 15 is 0 Å². The van der Waals surface area contributed by atoms with Gasteiger partial charge in [0.15, 0.2) is 0 Å². The Morgan fingerprint density at radius 2 is 2.12 bits per heavy atom. The molecule has 1 spiro atoms. The number of fused-ring (bicyclic) bond motifs is 1. The number of aromatic nitrogens is 2. The monoisotopic (exact) mass is 417 g/mol. The fourth-order valence-corrected chi connectivity index (χ4v) is 4.23. The molecule has 6 heteroatoms. The number of likely N-dealkylation sites (tertiary alicyclic amines) is 1. The van der Waals surface area contributed by atoms with Crippen LogP contribution in [0.4, 0.5) is 4.79 Å². The lowest BCUT2D eigenvalue weighted by Crippen LogP contribution is -2.59. The van der Waals surface area contributed by atoms with Gasteiger partial charge in [0.05, 0.1) is 11.7 Å². The van der Waals surface area contributed by atoms with Crippen LogP contribution in [0.2, 0.25) is 0 Å². The first-order valence-electron chi connectivity index (χ1n) is 9.05. The highest BCUT2D eigenvalue weighted by molar-refractivity contribution is 9.10. The van der Waals surface area contributed by atoms with Crippen LogP contribution >= 0.6 is 15.9 Å². The average Bonchev–Trinajstić information content (AvgIpc) is 2.94. The minimum absolute atomic E-state index is 0.189. The van der Waals surface area contributed by atoms with Crippen LogP contribution in [0, 0.1) is 5.41 Å². The Bertz CT molecular complexity index is 888. The molecule has 26 heavy (non-hydrogen) atoms. The first kappa shape index (κ1) is 17.6. The van der Waals surface area contributed by atoms with Crippen molar-refractivity contribution < 1.29 is 9.53 Å². The van der Waals surface area contributed by atoms with Gasteiger partial charge in [-0.3, -0.25) is 0 Å². The molecule has 4 rings (SSSR count). The number of pyridine rings is 1. The SMILES string of the molecule is CC(C)(C)OC(=O)N1CC2(CC=C(c3cnn4ccc(Br)cc34)CC2)C1. The van der Waals surface area contributed by atoms with Crippen molar-refractivity contribution in [2.75, 3.05) is 13.1 Å². The van der Waals surface area contributed by atoms with E-state index in [1.807, 2.05) is 48.6 Å². The fraction of sp³-hybridized carbons (Fsp3) is 0.500. The molecule has 138 valence electrons. The molecule has 1 aliphatic carbocycles. The van der Waals surface area contributed by atoms with Crippen LogP contribution in [0.3, 0.4) is 0 Å². The maximum Gasteiger partial charge on any atom is 0.410 e. The summed E-state index contributed by atoms with van der Waals surface area (Å²) in [5.41, 5.74) is 3.50. The van der Waals surface area contributed by atoms with E-state index in [2.05, 4.69) is 33.2 Å². The van der Waals surface area contributed by atoms with Crippen molar-refractivity contribution in [3.8, 4) is 0 Å². The molecular weight excluding hydrogens is 394 g/mol. The van der Waals surface area contributed by atoms with Gasteiger partial charge >= 0.3 is 6.09 Å².